The smallest absolute Gasteiger partial charge is 0.211 e. The van der Waals surface area contributed by atoms with Crippen LogP contribution in [0.5, 0.6) is 0 Å². The molecule has 0 saturated heterocycles. The molecule has 0 amide bonds. The first-order valence-corrected chi connectivity index (χ1v) is 8.25. The van der Waals surface area contributed by atoms with Gasteiger partial charge in [0.1, 0.15) is 6.61 Å². The molecule has 100 valence electrons. The van der Waals surface area contributed by atoms with Crippen molar-refractivity contribution in [2.75, 3.05) is 12.4 Å². The fourth-order valence-corrected chi connectivity index (χ4v) is 3.34. The number of hydrogen-bond acceptors (Lipinski definition) is 4. The Bertz CT molecular complexity index is 523. The Labute approximate surface area is 112 Å². The summed E-state index contributed by atoms with van der Waals surface area (Å²) in [5.74, 6) is 5.51. The Morgan fingerprint density at radius 1 is 1.50 bits per heavy atom. The summed E-state index contributed by atoms with van der Waals surface area (Å²) in [4.78, 5) is 0.871. The maximum atomic E-state index is 11.6. The topological polar surface area (TPSA) is 66.4 Å². The van der Waals surface area contributed by atoms with Gasteiger partial charge in [0.05, 0.1) is 5.75 Å². The molecule has 0 spiro atoms. The molecule has 0 aliphatic rings. The maximum Gasteiger partial charge on any atom is 0.211 e. The quantitative estimate of drug-likeness (QED) is 0.775. The van der Waals surface area contributed by atoms with Gasteiger partial charge in [-0.3, -0.25) is 0 Å². The van der Waals surface area contributed by atoms with Crippen LogP contribution in [-0.2, 0) is 16.6 Å². The van der Waals surface area contributed by atoms with E-state index in [1.165, 1.54) is 11.3 Å². The molecule has 0 bridgehead atoms. The highest BCUT2D eigenvalue weighted by Gasteiger charge is 2.10. The molecule has 1 heterocycles. The van der Waals surface area contributed by atoms with Crippen LogP contribution in [0, 0.1) is 11.8 Å². The molecular weight excluding hydrogens is 270 g/mol. The Kier molecular flexibility index (Phi) is 6.36. The summed E-state index contributed by atoms with van der Waals surface area (Å²) in [5.41, 5.74) is 0.771. The molecule has 0 unspecified atom stereocenters. The highest BCUT2D eigenvalue weighted by molar-refractivity contribution is 7.89. The van der Waals surface area contributed by atoms with Gasteiger partial charge in [-0.25, -0.2) is 13.1 Å². The van der Waals surface area contributed by atoms with E-state index in [1.807, 2.05) is 18.4 Å². The van der Waals surface area contributed by atoms with Crippen LogP contribution in [0.1, 0.15) is 30.2 Å². The number of unbranched alkanes of at least 4 members (excludes halogenated alkanes) is 1. The van der Waals surface area contributed by atoms with E-state index in [-0.39, 0.29) is 18.9 Å². The van der Waals surface area contributed by atoms with Gasteiger partial charge in [-0.1, -0.05) is 25.2 Å². The van der Waals surface area contributed by atoms with Crippen molar-refractivity contribution >= 4 is 21.4 Å². The van der Waals surface area contributed by atoms with Crippen molar-refractivity contribution < 1.29 is 13.5 Å². The first kappa shape index (κ1) is 15.2. The lowest BCUT2D eigenvalue weighted by Gasteiger charge is -2.05. The summed E-state index contributed by atoms with van der Waals surface area (Å²) in [7, 11) is -3.20. The van der Waals surface area contributed by atoms with Crippen molar-refractivity contribution in [1.29, 1.82) is 0 Å². The highest BCUT2D eigenvalue weighted by atomic mass is 32.2. The summed E-state index contributed by atoms with van der Waals surface area (Å²) in [6.07, 6.45) is 1.52. The predicted octanol–water partition coefficient (Wildman–Crippen LogP) is 1.31. The first-order valence-electron chi connectivity index (χ1n) is 5.72. The van der Waals surface area contributed by atoms with Crippen LogP contribution in [0.15, 0.2) is 11.4 Å². The number of aliphatic hydroxyl groups excluding tert-OH is 1. The molecule has 6 heteroatoms. The van der Waals surface area contributed by atoms with Crippen molar-refractivity contribution in [3.8, 4) is 11.8 Å². The van der Waals surface area contributed by atoms with Gasteiger partial charge in [0, 0.05) is 17.0 Å². The van der Waals surface area contributed by atoms with Crippen molar-refractivity contribution in [2.24, 2.45) is 0 Å². The average molecular weight is 287 g/mol. The minimum absolute atomic E-state index is 0.159. The summed E-state index contributed by atoms with van der Waals surface area (Å²) in [5, 5.41) is 10.5. The third kappa shape index (κ3) is 5.19. The van der Waals surface area contributed by atoms with Crippen LogP contribution in [-0.4, -0.2) is 25.9 Å². The molecule has 0 aromatic carbocycles. The van der Waals surface area contributed by atoms with E-state index in [0.29, 0.717) is 6.42 Å². The number of thiophene rings is 1. The van der Waals surface area contributed by atoms with Gasteiger partial charge < -0.3 is 5.11 Å². The fraction of sp³-hybridized carbons (Fsp3) is 0.500. The SMILES string of the molecule is CCCCS(=O)(=O)NCc1sccc1C#CCO. The van der Waals surface area contributed by atoms with E-state index in [4.69, 9.17) is 5.11 Å². The highest BCUT2D eigenvalue weighted by Crippen LogP contribution is 2.15. The van der Waals surface area contributed by atoms with Crippen molar-refractivity contribution in [1.82, 2.24) is 4.72 Å². The Morgan fingerprint density at radius 3 is 2.94 bits per heavy atom. The Hall–Kier alpha value is -0.870. The molecule has 0 aliphatic heterocycles. The van der Waals surface area contributed by atoms with Gasteiger partial charge in [0.25, 0.3) is 0 Å². The zero-order valence-electron chi connectivity index (χ0n) is 10.3. The maximum absolute atomic E-state index is 11.6. The molecular formula is C12H17NO3S2. The van der Waals surface area contributed by atoms with Gasteiger partial charge in [-0.2, -0.15) is 0 Å². The average Bonchev–Trinajstić information content (AvgIpc) is 2.79. The molecule has 1 aromatic rings. The fourth-order valence-electron chi connectivity index (χ4n) is 1.31. The molecule has 0 fully saturated rings. The lowest BCUT2D eigenvalue weighted by Crippen LogP contribution is -2.25. The van der Waals surface area contributed by atoms with Crippen molar-refractivity contribution in [2.45, 2.75) is 26.3 Å². The van der Waals surface area contributed by atoms with Gasteiger partial charge in [0.15, 0.2) is 0 Å². The van der Waals surface area contributed by atoms with E-state index in [0.717, 1.165) is 16.9 Å². The van der Waals surface area contributed by atoms with Gasteiger partial charge in [-0.15, -0.1) is 11.3 Å². The molecule has 4 nitrogen and oxygen atoms in total. The summed E-state index contributed by atoms with van der Waals surface area (Å²) in [6.45, 7) is 2.02. The van der Waals surface area contributed by atoms with Crippen LogP contribution in [0.3, 0.4) is 0 Å². The molecule has 0 saturated carbocycles. The summed E-state index contributed by atoms with van der Waals surface area (Å²) in [6, 6.07) is 1.82. The molecule has 1 rings (SSSR count). The third-order valence-corrected chi connectivity index (χ3v) is 4.60. The first-order chi connectivity index (χ1) is 8.59. The standard InChI is InChI=1S/C12H17NO3S2/c1-2-3-9-18(15,16)13-10-12-11(5-4-7-14)6-8-17-12/h6,8,13-14H,2-3,7,9-10H2,1H3. The van der Waals surface area contributed by atoms with Crippen LogP contribution in [0.2, 0.25) is 0 Å². The molecule has 18 heavy (non-hydrogen) atoms. The predicted molar refractivity (Wildman–Crippen MR) is 73.8 cm³/mol. The number of sulfonamides is 1. The minimum atomic E-state index is -3.20. The summed E-state index contributed by atoms with van der Waals surface area (Å²) >= 11 is 1.45. The van der Waals surface area contributed by atoms with E-state index in [1.54, 1.807) is 0 Å². The minimum Gasteiger partial charge on any atom is -0.384 e. The molecule has 0 atom stereocenters. The molecule has 0 radical (unpaired) electrons. The van der Waals surface area contributed by atoms with Crippen LogP contribution in [0.4, 0.5) is 0 Å². The second kappa shape index (κ2) is 7.54. The van der Waals surface area contributed by atoms with Gasteiger partial charge >= 0.3 is 0 Å². The van der Waals surface area contributed by atoms with Crippen LogP contribution < -0.4 is 4.72 Å². The lowest BCUT2D eigenvalue weighted by molar-refractivity contribution is 0.350. The van der Waals surface area contributed by atoms with Gasteiger partial charge in [0.2, 0.25) is 10.0 Å². The number of hydrogen-bond donors (Lipinski definition) is 2. The molecule has 2 N–H and O–H groups in total. The monoisotopic (exact) mass is 287 g/mol. The van der Waals surface area contributed by atoms with E-state index < -0.39 is 10.0 Å². The van der Waals surface area contributed by atoms with E-state index in [2.05, 4.69) is 16.6 Å². The Morgan fingerprint density at radius 2 is 2.28 bits per heavy atom. The van der Waals surface area contributed by atoms with Crippen LogP contribution >= 0.6 is 11.3 Å². The van der Waals surface area contributed by atoms with Gasteiger partial charge in [-0.05, 0) is 17.9 Å². The second-order valence-corrected chi connectivity index (χ2v) is 6.64. The van der Waals surface area contributed by atoms with Crippen molar-refractivity contribution in [3.05, 3.63) is 21.9 Å². The number of rotatable bonds is 6. The summed E-state index contributed by atoms with van der Waals surface area (Å²) < 4.78 is 25.8. The molecule has 1 aromatic heterocycles. The lowest BCUT2D eigenvalue weighted by atomic mass is 10.2. The number of aliphatic hydroxyl groups is 1. The van der Waals surface area contributed by atoms with E-state index >= 15 is 0 Å². The second-order valence-electron chi connectivity index (χ2n) is 3.71. The number of nitrogens with one attached hydrogen (secondary N) is 1. The third-order valence-electron chi connectivity index (χ3n) is 2.27. The largest absolute Gasteiger partial charge is 0.384 e. The zero-order valence-corrected chi connectivity index (χ0v) is 11.9. The Balaban J connectivity index is 2.61. The zero-order chi connectivity index (χ0) is 13.4. The normalized spacial score (nSPS) is 11.0. The van der Waals surface area contributed by atoms with E-state index in [9.17, 15) is 8.42 Å². The van der Waals surface area contributed by atoms with Crippen LogP contribution in [0.25, 0.3) is 0 Å². The van der Waals surface area contributed by atoms with Crippen molar-refractivity contribution in [3.63, 3.8) is 0 Å². The molecule has 0 aliphatic carbocycles.